The van der Waals surface area contributed by atoms with Crippen molar-refractivity contribution in [3.63, 3.8) is 0 Å². The zero-order chi connectivity index (χ0) is 27.6. The molecular formula is C30H34N4O3S2. The first-order valence-electron chi connectivity index (χ1n) is 13.4. The summed E-state index contributed by atoms with van der Waals surface area (Å²) in [6.07, 6.45) is 1.64. The number of carbonyl (C=O) groups excluding carboxylic acids is 1. The molecule has 4 aromatic rings. The fourth-order valence-electron chi connectivity index (χ4n) is 5.00. The Bertz CT molecular complexity index is 1580. The standard InChI is InChI=1S/C30H34N4O3S2/c1-4-32(5-2)19-20-33(30-31-26-17-12-22(3)21-28(26)38-30)29(35)24-13-15-25(16-14-24)39(36,37)34-18-8-10-23-9-6-7-11-27(23)34/h6-7,9,11-17,21H,4-5,8,10,18-20H2,1-3H3. The number of anilines is 2. The van der Waals surface area contributed by atoms with Crippen molar-refractivity contribution in [2.75, 3.05) is 41.9 Å². The van der Waals surface area contributed by atoms with E-state index >= 15 is 0 Å². The Morgan fingerprint density at radius 1 is 1.00 bits per heavy atom. The topological polar surface area (TPSA) is 73.8 Å². The van der Waals surface area contributed by atoms with Crippen molar-refractivity contribution in [1.82, 2.24) is 9.88 Å². The van der Waals surface area contributed by atoms with Gasteiger partial charge < -0.3 is 4.90 Å². The molecule has 0 atom stereocenters. The molecule has 2 heterocycles. The normalized spacial score (nSPS) is 13.6. The molecule has 0 bridgehead atoms. The van der Waals surface area contributed by atoms with Gasteiger partial charge in [0, 0.05) is 25.2 Å². The fourth-order valence-corrected chi connectivity index (χ4v) is 7.63. The number of sulfonamides is 1. The van der Waals surface area contributed by atoms with Crippen molar-refractivity contribution >= 4 is 48.3 Å². The molecule has 0 spiro atoms. The van der Waals surface area contributed by atoms with E-state index in [9.17, 15) is 13.2 Å². The van der Waals surface area contributed by atoms with E-state index in [0.717, 1.165) is 53.0 Å². The molecule has 9 heteroatoms. The van der Waals surface area contributed by atoms with Crippen LogP contribution in [0, 0.1) is 6.92 Å². The molecule has 5 rings (SSSR count). The zero-order valence-electron chi connectivity index (χ0n) is 22.6. The van der Waals surface area contributed by atoms with Crippen LogP contribution in [-0.4, -0.2) is 56.9 Å². The number of hydrogen-bond donors (Lipinski definition) is 0. The molecule has 39 heavy (non-hydrogen) atoms. The molecule has 1 aliphatic rings. The summed E-state index contributed by atoms with van der Waals surface area (Å²) in [4.78, 5) is 22.8. The summed E-state index contributed by atoms with van der Waals surface area (Å²) in [7, 11) is -3.75. The van der Waals surface area contributed by atoms with Crippen molar-refractivity contribution in [3.05, 3.63) is 83.4 Å². The van der Waals surface area contributed by atoms with Crippen LogP contribution in [0.1, 0.15) is 41.8 Å². The predicted octanol–water partition coefficient (Wildman–Crippen LogP) is 5.73. The number of carbonyl (C=O) groups is 1. The van der Waals surface area contributed by atoms with E-state index in [1.165, 1.54) is 15.6 Å². The van der Waals surface area contributed by atoms with Gasteiger partial charge >= 0.3 is 0 Å². The molecule has 0 unspecified atom stereocenters. The summed E-state index contributed by atoms with van der Waals surface area (Å²) < 4.78 is 29.7. The van der Waals surface area contributed by atoms with Gasteiger partial charge in [0.15, 0.2) is 5.13 Å². The minimum Gasteiger partial charge on any atom is -0.302 e. The van der Waals surface area contributed by atoms with Crippen LogP contribution in [0.4, 0.5) is 10.8 Å². The SMILES string of the molecule is CCN(CC)CCN(C(=O)c1ccc(S(=O)(=O)N2CCCc3ccccc32)cc1)c1nc2ccc(C)cc2s1. The van der Waals surface area contributed by atoms with E-state index in [1.807, 2.05) is 43.3 Å². The number of benzene rings is 3. The first kappa shape index (κ1) is 27.3. The number of aryl methyl sites for hydroxylation is 2. The Balaban J connectivity index is 1.44. The van der Waals surface area contributed by atoms with Gasteiger partial charge in [0.2, 0.25) is 0 Å². The summed E-state index contributed by atoms with van der Waals surface area (Å²) in [5.41, 5.74) is 4.21. The second-order valence-corrected chi connectivity index (χ2v) is 12.7. The average molecular weight is 563 g/mol. The minimum atomic E-state index is -3.75. The van der Waals surface area contributed by atoms with Gasteiger partial charge in [0.25, 0.3) is 15.9 Å². The van der Waals surface area contributed by atoms with E-state index in [0.29, 0.717) is 30.3 Å². The number of hydrogen-bond acceptors (Lipinski definition) is 6. The van der Waals surface area contributed by atoms with E-state index in [2.05, 4.69) is 24.8 Å². The molecule has 0 saturated heterocycles. The molecule has 1 amide bonds. The molecular weight excluding hydrogens is 528 g/mol. The van der Waals surface area contributed by atoms with Crippen LogP contribution in [0.15, 0.2) is 71.6 Å². The lowest BCUT2D eigenvalue weighted by Gasteiger charge is -2.30. The predicted molar refractivity (Wildman–Crippen MR) is 160 cm³/mol. The van der Waals surface area contributed by atoms with Crippen LogP contribution in [-0.2, 0) is 16.4 Å². The number of amides is 1. The van der Waals surface area contributed by atoms with Gasteiger partial charge in [0.05, 0.1) is 20.8 Å². The number of nitrogens with zero attached hydrogens (tertiary/aromatic N) is 4. The highest BCUT2D eigenvalue weighted by molar-refractivity contribution is 7.92. The molecule has 0 N–H and O–H groups in total. The Hall–Kier alpha value is -3.27. The third-order valence-electron chi connectivity index (χ3n) is 7.30. The van der Waals surface area contributed by atoms with E-state index in [-0.39, 0.29) is 10.8 Å². The van der Waals surface area contributed by atoms with E-state index < -0.39 is 10.0 Å². The molecule has 3 aromatic carbocycles. The molecule has 7 nitrogen and oxygen atoms in total. The van der Waals surface area contributed by atoms with Gasteiger partial charge in [-0.3, -0.25) is 14.0 Å². The van der Waals surface area contributed by atoms with Crippen LogP contribution in [0.2, 0.25) is 0 Å². The molecule has 0 aliphatic carbocycles. The molecule has 1 aromatic heterocycles. The highest BCUT2D eigenvalue weighted by atomic mass is 32.2. The minimum absolute atomic E-state index is 0.181. The molecule has 0 saturated carbocycles. The van der Waals surface area contributed by atoms with Crippen molar-refractivity contribution in [2.24, 2.45) is 0 Å². The second kappa shape index (κ2) is 11.5. The third kappa shape index (κ3) is 5.57. The lowest BCUT2D eigenvalue weighted by Crippen LogP contribution is -2.39. The molecule has 0 radical (unpaired) electrons. The van der Waals surface area contributed by atoms with Gasteiger partial charge in [-0.2, -0.15) is 0 Å². The molecule has 204 valence electrons. The monoisotopic (exact) mass is 562 g/mol. The maximum absolute atomic E-state index is 13.8. The largest absolute Gasteiger partial charge is 0.302 e. The summed E-state index contributed by atoms with van der Waals surface area (Å²) in [5.74, 6) is -0.190. The van der Waals surface area contributed by atoms with Crippen molar-refractivity contribution in [2.45, 2.75) is 38.5 Å². The Kier molecular flexibility index (Phi) is 8.02. The summed E-state index contributed by atoms with van der Waals surface area (Å²) in [6.45, 7) is 9.69. The maximum atomic E-state index is 13.8. The van der Waals surface area contributed by atoms with Gasteiger partial charge in [0.1, 0.15) is 0 Å². The number of fused-ring (bicyclic) bond motifs is 2. The molecule has 0 fully saturated rings. The number of rotatable bonds is 9. The highest BCUT2D eigenvalue weighted by Crippen LogP contribution is 2.33. The summed E-state index contributed by atoms with van der Waals surface area (Å²) >= 11 is 1.50. The van der Waals surface area contributed by atoms with Gasteiger partial charge in [-0.15, -0.1) is 0 Å². The fraction of sp³-hybridized carbons (Fsp3) is 0.333. The smallest absolute Gasteiger partial charge is 0.264 e. The van der Waals surface area contributed by atoms with E-state index in [1.54, 1.807) is 29.2 Å². The van der Waals surface area contributed by atoms with Crippen molar-refractivity contribution in [3.8, 4) is 0 Å². The zero-order valence-corrected chi connectivity index (χ0v) is 24.3. The van der Waals surface area contributed by atoms with Crippen LogP contribution in [0.3, 0.4) is 0 Å². The van der Waals surface area contributed by atoms with Gasteiger partial charge in [-0.05, 0) is 86.4 Å². The Labute approximate surface area is 234 Å². The van der Waals surface area contributed by atoms with Crippen LogP contribution in [0.25, 0.3) is 10.2 Å². The number of aromatic nitrogens is 1. The van der Waals surface area contributed by atoms with Crippen LogP contribution in [0.5, 0.6) is 0 Å². The van der Waals surface area contributed by atoms with Gasteiger partial charge in [-0.25, -0.2) is 13.4 Å². The lowest BCUT2D eigenvalue weighted by molar-refractivity contribution is 0.0983. The highest BCUT2D eigenvalue weighted by Gasteiger charge is 2.29. The second-order valence-electron chi connectivity index (χ2n) is 9.79. The Morgan fingerprint density at radius 2 is 1.74 bits per heavy atom. The maximum Gasteiger partial charge on any atom is 0.264 e. The van der Waals surface area contributed by atoms with Crippen molar-refractivity contribution in [1.29, 1.82) is 0 Å². The third-order valence-corrected chi connectivity index (χ3v) is 10.2. The molecule has 1 aliphatic heterocycles. The van der Waals surface area contributed by atoms with Crippen LogP contribution >= 0.6 is 11.3 Å². The van der Waals surface area contributed by atoms with E-state index in [4.69, 9.17) is 4.98 Å². The number of thiazole rings is 1. The first-order chi connectivity index (χ1) is 18.8. The summed E-state index contributed by atoms with van der Waals surface area (Å²) in [5, 5.41) is 0.648. The Morgan fingerprint density at radius 3 is 2.49 bits per heavy atom. The number of para-hydroxylation sites is 1. The average Bonchev–Trinajstić information content (AvgIpc) is 3.37. The van der Waals surface area contributed by atoms with Crippen molar-refractivity contribution < 1.29 is 13.2 Å². The van der Waals surface area contributed by atoms with Crippen LogP contribution < -0.4 is 9.21 Å². The first-order valence-corrected chi connectivity index (χ1v) is 15.7. The lowest BCUT2D eigenvalue weighted by atomic mass is 10.0. The quantitative estimate of drug-likeness (QED) is 0.260. The number of likely N-dealkylation sites (N-methyl/N-ethyl adjacent to an activating group) is 1. The van der Waals surface area contributed by atoms with Gasteiger partial charge in [-0.1, -0.05) is 49.4 Å². The summed E-state index contributed by atoms with van der Waals surface area (Å²) in [6, 6.07) is 20.1.